The largest absolute Gasteiger partial charge is 0.489 e. The van der Waals surface area contributed by atoms with Crippen molar-refractivity contribution in [1.82, 2.24) is 0 Å². The first-order valence-electron chi connectivity index (χ1n) is 6.49. The van der Waals surface area contributed by atoms with Crippen LogP contribution in [-0.4, -0.2) is 0 Å². The van der Waals surface area contributed by atoms with Crippen LogP contribution in [0.5, 0.6) is 5.75 Å². The summed E-state index contributed by atoms with van der Waals surface area (Å²) < 4.78 is 5.85. The minimum Gasteiger partial charge on any atom is -0.489 e. The molecule has 0 bridgehead atoms. The minimum absolute atomic E-state index is 0.527. The minimum atomic E-state index is 0.527. The molecule has 0 saturated carbocycles. The highest BCUT2D eigenvalue weighted by Crippen LogP contribution is 2.20. The van der Waals surface area contributed by atoms with Gasteiger partial charge in [0, 0.05) is 0 Å². The normalized spacial score (nSPS) is 9.80. The van der Waals surface area contributed by atoms with Crippen LogP contribution in [0, 0.1) is 0 Å². The molecule has 0 atom stereocenters. The fourth-order valence-electron chi connectivity index (χ4n) is 1.94. The van der Waals surface area contributed by atoms with Gasteiger partial charge in [0.1, 0.15) is 12.4 Å². The standard InChI is InChI=1S/C19H18O/c1-4-15-8-7-9-18(10-15)14-20-19-12-16(5-2)11-17(6-3)13-19/h4-13H,1-3,14H2. The molecule has 0 aliphatic carbocycles. The molecule has 2 rings (SSSR count). The van der Waals surface area contributed by atoms with Crippen LogP contribution in [0.4, 0.5) is 0 Å². The fraction of sp³-hybridized carbons (Fsp3) is 0.0526. The number of hydrogen-bond acceptors (Lipinski definition) is 1. The third-order valence-electron chi connectivity index (χ3n) is 3.01. The highest BCUT2D eigenvalue weighted by Gasteiger charge is 2.00. The molecule has 0 amide bonds. The molecule has 0 heterocycles. The van der Waals surface area contributed by atoms with Crippen molar-refractivity contribution in [1.29, 1.82) is 0 Å². The summed E-state index contributed by atoms with van der Waals surface area (Å²) in [4.78, 5) is 0. The molecule has 1 heteroatoms. The number of rotatable bonds is 6. The molecule has 0 aliphatic rings. The monoisotopic (exact) mass is 262 g/mol. The van der Waals surface area contributed by atoms with Crippen LogP contribution in [0.2, 0.25) is 0 Å². The van der Waals surface area contributed by atoms with Crippen molar-refractivity contribution in [3.63, 3.8) is 0 Å². The van der Waals surface area contributed by atoms with Crippen LogP contribution in [0.1, 0.15) is 22.3 Å². The first kappa shape index (κ1) is 13.9. The van der Waals surface area contributed by atoms with E-state index in [4.69, 9.17) is 4.74 Å². The van der Waals surface area contributed by atoms with Gasteiger partial charge in [-0.25, -0.2) is 0 Å². The van der Waals surface area contributed by atoms with E-state index in [-0.39, 0.29) is 0 Å². The maximum atomic E-state index is 5.85. The van der Waals surface area contributed by atoms with Gasteiger partial charge in [-0.1, -0.05) is 56.2 Å². The van der Waals surface area contributed by atoms with Crippen LogP contribution in [0.15, 0.2) is 62.2 Å². The Balaban J connectivity index is 2.15. The van der Waals surface area contributed by atoms with Crippen LogP contribution in [0.25, 0.3) is 18.2 Å². The van der Waals surface area contributed by atoms with Gasteiger partial charge in [-0.2, -0.15) is 0 Å². The summed E-state index contributed by atoms with van der Waals surface area (Å²) in [5.74, 6) is 0.821. The van der Waals surface area contributed by atoms with Crippen LogP contribution in [-0.2, 0) is 6.61 Å². The molecule has 20 heavy (non-hydrogen) atoms. The highest BCUT2D eigenvalue weighted by molar-refractivity contribution is 5.59. The molecule has 2 aromatic rings. The van der Waals surface area contributed by atoms with Gasteiger partial charge in [0.25, 0.3) is 0 Å². The Labute approximate surface area is 120 Å². The second kappa shape index (κ2) is 6.58. The van der Waals surface area contributed by atoms with Gasteiger partial charge in [-0.3, -0.25) is 0 Å². The van der Waals surface area contributed by atoms with E-state index in [1.807, 2.05) is 42.5 Å². The zero-order valence-electron chi connectivity index (χ0n) is 11.5. The predicted molar refractivity (Wildman–Crippen MR) is 87.5 cm³/mol. The summed E-state index contributed by atoms with van der Waals surface area (Å²) in [5.41, 5.74) is 4.26. The molecule has 0 aromatic heterocycles. The molecule has 100 valence electrons. The van der Waals surface area contributed by atoms with E-state index in [2.05, 4.69) is 25.8 Å². The van der Waals surface area contributed by atoms with E-state index in [9.17, 15) is 0 Å². The summed E-state index contributed by atoms with van der Waals surface area (Å²) in [6.07, 6.45) is 5.44. The number of ether oxygens (including phenoxy) is 1. The van der Waals surface area contributed by atoms with Crippen LogP contribution < -0.4 is 4.74 Å². The molecule has 0 unspecified atom stereocenters. The first-order chi connectivity index (χ1) is 9.75. The third-order valence-corrected chi connectivity index (χ3v) is 3.01. The van der Waals surface area contributed by atoms with E-state index in [0.717, 1.165) is 28.0 Å². The van der Waals surface area contributed by atoms with Gasteiger partial charge in [0.05, 0.1) is 0 Å². The average molecular weight is 262 g/mol. The Morgan fingerprint density at radius 2 is 1.45 bits per heavy atom. The Morgan fingerprint density at radius 1 is 0.800 bits per heavy atom. The lowest BCUT2D eigenvalue weighted by Crippen LogP contribution is -1.96. The Hall–Kier alpha value is -2.54. The summed E-state index contributed by atoms with van der Waals surface area (Å²) in [6.45, 7) is 11.9. The van der Waals surface area contributed by atoms with Gasteiger partial charge in [0.15, 0.2) is 0 Å². The molecular formula is C19H18O. The van der Waals surface area contributed by atoms with Crippen LogP contribution in [0.3, 0.4) is 0 Å². The first-order valence-corrected chi connectivity index (χ1v) is 6.49. The molecule has 0 N–H and O–H groups in total. The topological polar surface area (TPSA) is 9.23 Å². The lowest BCUT2D eigenvalue weighted by molar-refractivity contribution is 0.306. The predicted octanol–water partition coefficient (Wildman–Crippen LogP) is 5.19. The molecule has 2 aromatic carbocycles. The summed E-state index contributed by atoms with van der Waals surface area (Å²) in [7, 11) is 0. The van der Waals surface area contributed by atoms with Crippen LogP contribution >= 0.6 is 0 Å². The van der Waals surface area contributed by atoms with Crippen molar-refractivity contribution in [3.8, 4) is 5.75 Å². The quantitative estimate of drug-likeness (QED) is 0.695. The van der Waals surface area contributed by atoms with Gasteiger partial charge < -0.3 is 4.74 Å². The van der Waals surface area contributed by atoms with E-state index in [1.165, 1.54) is 0 Å². The van der Waals surface area contributed by atoms with E-state index in [0.29, 0.717) is 6.61 Å². The Bertz CT molecular complexity index is 612. The van der Waals surface area contributed by atoms with Crippen molar-refractivity contribution >= 4 is 18.2 Å². The van der Waals surface area contributed by atoms with E-state index >= 15 is 0 Å². The smallest absolute Gasteiger partial charge is 0.121 e. The zero-order valence-corrected chi connectivity index (χ0v) is 11.5. The molecule has 0 radical (unpaired) electrons. The lowest BCUT2D eigenvalue weighted by atomic mass is 10.1. The third kappa shape index (κ3) is 3.48. The highest BCUT2D eigenvalue weighted by atomic mass is 16.5. The number of benzene rings is 2. The molecular weight excluding hydrogens is 244 g/mol. The van der Waals surface area contributed by atoms with Crippen molar-refractivity contribution in [2.45, 2.75) is 6.61 Å². The second-order valence-electron chi connectivity index (χ2n) is 4.48. The van der Waals surface area contributed by atoms with Crippen molar-refractivity contribution in [2.75, 3.05) is 0 Å². The van der Waals surface area contributed by atoms with Gasteiger partial charge in [-0.15, -0.1) is 0 Å². The van der Waals surface area contributed by atoms with Crippen molar-refractivity contribution in [2.24, 2.45) is 0 Å². The lowest BCUT2D eigenvalue weighted by Gasteiger charge is -2.09. The van der Waals surface area contributed by atoms with Gasteiger partial charge >= 0.3 is 0 Å². The summed E-state index contributed by atoms with van der Waals surface area (Å²) in [5, 5.41) is 0. The molecule has 0 spiro atoms. The summed E-state index contributed by atoms with van der Waals surface area (Å²) in [6, 6.07) is 14.1. The number of hydrogen-bond donors (Lipinski definition) is 0. The molecule has 0 saturated heterocycles. The molecule has 0 fully saturated rings. The van der Waals surface area contributed by atoms with E-state index < -0.39 is 0 Å². The maximum absolute atomic E-state index is 5.85. The Kier molecular flexibility index (Phi) is 4.56. The van der Waals surface area contributed by atoms with Gasteiger partial charge in [-0.05, 0) is 46.5 Å². The SMILES string of the molecule is C=Cc1cccc(COc2cc(C=C)cc(C=C)c2)c1. The maximum Gasteiger partial charge on any atom is 0.121 e. The molecule has 0 aliphatic heterocycles. The van der Waals surface area contributed by atoms with Crippen molar-refractivity contribution in [3.05, 3.63) is 84.5 Å². The van der Waals surface area contributed by atoms with Gasteiger partial charge in [0.2, 0.25) is 0 Å². The zero-order chi connectivity index (χ0) is 14.4. The summed E-state index contributed by atoms with van der Waals surface area (Å²) >= 11 is 0. The fourth-order valence-corrected chi connectivity index (χ4v) is 1.94. The second-order valence-corrected chi connectivity index (χ2v) is 4.48. The average Bonchev–Trinajstić information content (AvgIpc) is 2.52. The van der Waals surface area contributed by atoms with E-state index in [1.54, 1.807) is 12.2 Å². The molecule has 1 nitrogen and oxygen atoms in total. The van der Waals surface area contributed by atoms with Crippen molar-refractivity contribution < 1.29 is 4.74 Å². The Morgan fingerprint density at radius 3 is 2.05 bits per heavy atom.